The molecule has 0 saturated heterocycles. The van der Waals surface area contributed by atoms with Crippen LogP contribution in [-0.4, -0.2) is 12.1 Å². The molecule has 0 aliphatic carbocycles. The molecule has 114 valence electrons. The summed E-state index contributed by atoms with van der Waals surface area (Å²) in [5, 5.41) is 3.59. The highest BCUT2D eigenvalue weighted by atomic mass is 19.1. The van der Waals surface area contributed by atoms with Gasteiger partial charge in [0.15, 0.2) is 0 Å². The zero-order valence-electron chi connectivity index (χ0n) is 13.9. The molecule has 1 nitrogen and oxygen atoms in total. The Morgan fingerprint density at radius 2 is 1.85 bits per heavy atom. The largest absolute Gasteiger partial charge is 0.312 e. The van der Waals surface area contributed by atoms with Crippen molar-refractivity contribution < 1.29 is 4.39 Å². The van der Waals surface area contributed by atoms with Crippen molar-refractivity contribution in [1.82, 2.24) is 5.32 Å². The molecule has 1 aromatic carbocycles. The van der Waals surface area contributed by atoms with Crippen molar-refractivity contribution in [3.05, 3.63) is 35.1 Å². The minimum atomic E-state index is -0.127. The lowest BCUT2D eigenvalue weighted by atomic mass is 9.88. The van der Waals surface area contributed by atoms with E-state index in [1.165, 1.54) is 12.0 Å². The predicted octanol–water partition coefficient (Wildman–Crippen LogP) is 4.73. The van der Waals surface area contributed by atoms with Crippen LogP contribution in [-0.2, 0) is 6.42 Å². The SMILES string of the molecule is Cc1ccc(F)cc1CC(CNC(C)(C)C)CC(C)C. The first-order chi connectivity index (χ1) is 9.17. The predicted molar refractivity (Wildman–Crippen MR) is 85.5 cm³/mol. The van der Waals surface area contributed by atoms with Crippen molar-refractivity contribution in [2.24, 2.45) is 11.8 Å². The van der Waals surface area contributed by atoms with Crippen molar-refractivity contribution in [2.45, 2.75) is 59.9 Å². The summed E-state index contributed by atoms with van der Waals surface area (Å²) in [6.45, 7) is 14.1. The summed E-state index contributed by atoms with van der Waals surface area (Å²) < 4.78 is 13.4. The molecule has 0 spiro atoms. The van der Waals surface area contributed by atoms with Gasteiger partial charge in [0.25, 0.3) is 0 Å². The summed E-state index contributed by atoms with van der Waals surface area (Å²) in [5.74, 6) is 1.09. The van der Waals surface area contributed by atoms with E-state index in [0.29, 0.717) is 11.8 Å². The second-order valence-corrected chi connectivity index (χ2v) is 7.40. The van der Waals surface area contributed by atoms with Crippen LogP contribution < -0.4 is 5.32 Å². The van der Waals surface area contributed by atoms with Crippen molar-refractivity contribution in [3.63, 3.8) is 0 Å². The fourth-order valence-corrected chi connectivity index (χ4v) is 2.53. The molecule has 0 radical (unpaired) electrons. The second-order valence-electron chi connectivity index (χ2n) is 7.40. The van der Waals surface area contributed by atoms with Gasteiger partial charge in [-0.1, -0.05) is 19.9 Å². The Labute approximate surface area is 124 Å². The maximum Gasteiger partial charge on any atom is 0.123 e. The quantitative estimate of drug-likeness (QED) is 0.794. The Morgan fingerprint density at radius 3 is 2.40 bits per heavy atom. The fraction of sp³-hybridized carbons (Fsp3) is 0.667. The van der Waals surface area contributed by atoms with E-state index < -0.39 is 0 Å². The standard InChI is InChI=1S/C18H30FN/c1-13(2)9-15(12-20-18(4,5)6)10-16-11-17(19)8-7-14(16)3/h7-8,11,13,15,20H,9-10,12H2,1-6H3. The van der Waals surface area contributed by atoms with Crippen LogP contribution in [0.15, 0.2) is 18.2 Å². The van der Waals surface area contributed by atoms with Crippen LogP contribution in [0.25, 0.3) is 0 Å². The van der Waals surface area contributed by atoms with E-state index in [1.807, 2.05) is 6.07 Å². The Balaban J connectivity index is 2.75. The number of nitrogens with one attached hydrogen (secondary N) is 1. The van der Waals surface area contributed by atoms with Crippen molar-refractivity contribution >= 4 is 0 Å². The third-order valence-electron chi connectivity index (χ3n) is 3.55. The Kier molecular flexibility index (Phi) is 6.19. The maximum atomic E-state index is 13.4. The molecule has 0 fully saturated rings. The Bertz CT molecular complexity index is 418. The average Bonchev–Trinajstić information content (AvgIpc) is 2.29. The Morgan fingerprint density at radius 1 is 1.20 bits per heavy atom. The molecule has 20 heavy (non-hydrogen) atoms. The van der Waals surface area contributed by atoms with Gasteiger partial charge < -0.3 is 5.32 Å². The van der Waals surface area contributed by atoms with Crippen LogP contribution in [0.4, 0.5) is 4.39 Å². The van der Waals surface area contributed by atoms with Gasteiger partial charge in [-0.25, -0.2) is 4.39 Å². The molecule has 0 amide bonds. The summed E-state index contributed by atoms with van der Waals surface area (Å²) in [5.41, 5.74) is 2.47. The van der Waals surface area contributed by atoms with Gasteiger partial charge in [0, 0.05) is 5.54 Å². The number of aryl methyl sites for hydroxylation is 1. The van der Waals surface area contributed by atoms with E-state index in [2.05, 4.69) is 46.9 Å². The third kappa shape index (κ3) is 6.51. The molecule has 0 aliphatic rings. The first-order valence-electron chi connectivity index (χ1n) is 7.67. The molecule has 1 rings (SSSR count). The first-order valence-corrected chi connectivity index (χ1v) is 7.67. The van der Waals surface area contributed by atoms with Crippen molar-refractivity contribution in [2.75, 3.05) is 6.54 Å². The summed E-state index contributed by atoms with van der Waals surface area (Å²) >= 11 is 0. The number of rotatable bonds is 6. The summed E-state index contributed by atoms with van der Waals surface area (Å²) in [4.78, 5) is 0. The molecule has 1 N–H and O–H groups in total. The third-order valence-corrected chi connectivity index (χ3v) is 3.55. The monoisotopic (exact) mass is 279 g/mol. The number of halogens is 1. The van der Waals surface area contributed by atoms with Crippen LogP contribution in [0.2, 0.25) is 0 Å². The topological polar surface area (TPSA) is 12.0 Å². The minimum absolute atomic E-state index is 0.127. The smallest absolute Gasteiger partial charge is 0.123 e. The molecule has 1 aromatic rings. The zero-order valence-corrected chi connectivity index (χ0v) is 13.9. The number of hydrogen-bond acceptors (Lipinski definition) is 1. The van der Waals surface area contributed by atoms with Gasteiger partial charge in [-0.15, -0.1) is 0 Å². The number of benzene rings is 1. The van der Waals surface area contributed by atoms with E-state index in [0.717, 1.165) is 18.5 Å². The van der Waals surface area contributed by atoms with Crippen LogP contribution in [0, 0.1) is 24.6 Å². The highest BCUT2D eigenvalue weighted by molar-refractivity contribution is 5.27. The van der Waals surface area contributed by atoms with Gasteiger partial charge in [-0.3, -0.25) is 0 Å². The molecule has 2 heteroatoms. The van der Waals surface area contributed by atoms with Crippen LogP contribution in [0.3, 0.4) is 0 Å². The van der Waals surface area contributed by atoms with Crippen LogP contribution in [0.5, 0.6) is 0 Å². The fourth-order valence-electron chi connectivity index (χ4n) is 2.53. The molecule has 0 saturated carbocycles. The lowest BCUT2D eigenvalue weighted by Gasteiger charge is -2.27. The van der Waals surface area contributed by atoms with E-state index in [4.69, 9.17) is 0 Å². The van der Waals surface area contributed by atoms with E-state index >= 15 is 0 Å². The van der Waals surface area contributed by atoms with Gasteiger partial charge in [-0.2, -0.15) is 0 Å². The van der Waals surface area contributed by atoms with Crippen LogP contribution >= 0.6 is 0 Å². The molecule has 0 bridgehead atoms. The summed E-state index contributed by atoms with van der Waals surface area (Å²) in [6, 6.07) is 5.12. The molecule has 0 aliphatic heterocycles. The van der Waals surface area contributed by atoms with Gasteiger partial charge in [-0.05, 0) is 82.2 Å². The van der Waals surface area contributed by atoms with Gasteiger partial charge >= 0.3 is 0 Å². The lowest BCUT2D eigenvalue weighted by molar-refractivity contribution is 0.331. The molecule has 1 atom stereocenters. The minimum Gasteiger partial charge on any atom is -0.312 e. The normalized spacial score (nSPS) is 13.8. The van der Waals surface area contributed by atoms with Crippen molar-refractivity contribution in [1.29, 1.82) is 0 Å². The van der Waals surface area contributed by atoms with Gasteiger partial charge in [0.2, 0.25) is 0 Å². The van der Waals surface area contributed by atoms with Gasteiger partial charge in [0.1, 0.15) is 5.82 Å². The molecule has 1 unspecified atom stereocenters. The van der Waals surface area contributed by atoms with E-state index in [1.54, 1.807) is 12.1 Å². The highest BCUT2D eigenvalue weighted by Crippen LogP contribution is 2.20. The second kappa shape index (κ2) is 7.21. The van der Waals surface area contributed by atoms with Gasteiger partial charge in [0.05, 0.1) is 0 Å². The maximum absolute atomic E-state index is 13.4. The average molecular weight is 279 g/mol. The Hall–Kier alpha value is -0.890. The van der Waals surface area contributed by atoms with E-state index in [-0.39, 0.29) is 11.4 Å². The molecule has 0 heterocycles. The zero-order chi connectivity index (χ0) is 15.3. The summed E-state index contributed by atoms with van der Waals surface area (Å²) in [7, 11) is 0. The molecule has 0 aromatic heterocycles. The molecular weight excluding hydrogens is 249 g/mol. The molecular formula is C18H30FN. The van der Waals surface area contributed by atoms with E-state index in [9.17, 15) is 4.39 Å². The summed E-state index contributed by atoms with van der Waals surface area (Å²) in [6.07, 6.45) is 2.11. The lowest BCUT2D eigenvalue weighted by Crippen LogP contribution is -2.39. The van der Waals surface area contributed by atoms with Crippen LogP contribution in [0.1, 0.15) is 52.2 Å². The number of hydrogen-bond donors (Lipinski definition) is 1. The first kappa shape index (κ1) is 17.2. The highest BCUT2D eigenvalue weighted by Gasteiger charge is 2.17. The van der Waals surface area contributed by atoms with Crippen molar-refractivity contribution in [3.8, 4) is 0 Å².